The van der Waals surface area contributed by atoms with Gasteiger partial charge in [0.2, 0.25) is 0 Å². The van der Waals surface area contributed by atoms with E-state index in [1.54, 1.807) is 6.33 Å². The van der Waals surface area contributed by atoms with Crippen LogP contribution in [0.3, 0.4) is 0 Å². The van der Waals surface area contributed by atoms with Crippen LogP contribution in [-0.2, 0) is 0 Å². The van der Waals surface area contributed by atoms with Crippen LogP contribution in [0.5, 0.6) is 5.75 Å². The summed E-state index contributed by atoms with van der Waals surface area (Å²) in [6.07, 6.45) is 3.74. The minimum Gasteiger partial charge on any atom is -0.493 e. The quantitative estimate of drug-likeness (QED) is 0.276. The van der Waals surface area contributed by atoms with Crippen molar-refractivity contribution in [2.24, 2.45) is 4.99 Å². The number of pyridine rings is 1. The summed E-state index contributed by atoms with van der Waals surface area (Å²) in [6, 6.07) is 26.7. The zero-order chi connectivity index (χ0) is 23.5. The van der Waals surface area contributed by atoms with E-state index in [9.17, 15) is 0 Å². The third-order valence-corrected chi connectivity index (χ3v) is 5.65. The predicted molar refractivity (Wildman–Crippen MR) is 138 cm³/mol. The van der Waals surface area contributed by atoms with E-state index in [4.69, 9.17) is 14.7 Å². The van der Waals surface area contributed by atoms with E-state index in [-0.39, 0.29) is 0 Å². The van der Waals surface area contributed by atoms with Gasteiger partial charge in [-0.15, -0.1) is 0 Å². The van der Waals surface area contributed by atoms with Gasteiger partial charge < -0.3 is 4.74 Å². The lowest BCUT2D eigenvalue weighted by molar-refractivity contribution is 0.344. The number of aryl methyl sites for hydroxylation is 2. The molecule has 168 valence electrons. The molecule has 0 N–H and O–H groups in total. The van der Waals surface area contributed by atoms with Crippen LogP contribution < -0.4 is 4.74 Å². The molecule has 0 bridgehead atoms. The number of imidazole rings is 1. The van der Waals surface area contributed by atoms with Crippen molar-refractivity contribution in [2.45, 2.75) is 20.8 Å². The monoisotopic (exact) mass is 446 g/mol. The Morgan fingerprint density at radius 3 is 2.18 bits per heavy atom. The smallest absolute Gasteiger partial charge is 0.142 e. The van der Waals surface area contributed by atoms with Crippen molar-refractivity contribution < 1.29 is 4.74 Å². The molecule has 0 aliphatic heterocycles. The Hall–Kier alpha value is -4.25. The number of hydrogen-bond donors (Lipinski definition) is 0. The first-order chi connectivity index (χ1) is 16.6. The summed E-state index contributed by atoms with van der Waals surface area (Å²) in [5.74, 6) is 1.57. The third-order valence-electron chi connectivity index (χ3n) is 5.65. The highest BCUT2D eigenvalue weighted by molar-refractivity contribution is 6.14. The molecule has 5 rings (SSSR count). The lowest BCUT2D eigenvalue weighted by Crippen LogP contribution is -2.03. The average Bonchev–Trinajstić information content (AvgIpc) is 3.30. The molecule has 0 spiro atoms. The van der Waals surface area contributed by atoms with Gasteiger partial charge in [0.25, 0.3) is 0 Å². The fourth-order valence-electron chi connectivity index (χ4n) is 4.07. The van der Waals surface area contributed by atoms with Crippen molar-refractivity contribution in [3.05, 3.63) is 114 Å². The second-order valence-electron chi connectivity index (χ2n) is 8.19. The Labute approximate surface area is 199 Å². The number of benzene rings is 3. The Kier molecular flexibility index (Phi) is 5.91. The van der Waals surface area contributed by atoms with Gasteiger partial charge >= 0.3 is 0 Å². The minimum absolute atomic E-state index is 0.563. The summed E-state index contributed by atoms with van der Waals surface area (Å²) >= 11 is 0. The molecule has 0 radical (unpaired) electrons. The van der Waals surface area contributed by atoms with Crippen molar-refractivity contribution in [3.8, 4) is 11.6 Å². The van der Waals surface area contributed by atoms with E-state index < -0.39 is 0 Å². The Morgan fingerprint density at radius 1 is 0.912 bits per heavy atom. The van der Waals surface area contributed by atoms with Gasteiger partial charge in [-0.25, -0.2) is 15.0 Å². The van der Waals surface area contributed by atoms with Crippen molar-refractivity contribution in [3.63, 3.8) is 0 Å². The Bertz CT molecular complexity index is 1430. The summed E-state index contributed by atoms with van der Waals surface area (Å²) in [5, 5.41) is 0.946. The van der Waals surface area contributed by atoms with Crippen molar-refractivity contribution in [1.29, 1.82) is 0 Å². The van der Waals surface area contributed by atoms with E-state index in [0.717, 1.165) is 56.3 Å². The maximum absolute atomic E-state index is 6.05. The average molecular weight is 447 g/mol. The van der Waals surface area contributed by atoms with Gasteiger partial charge in [-0.05, 0) is 38.5 Å². The van der Waals surface area contributed by atoms with Crippen molar-refractivity contribution >= 4 is 22.3 Å². The Morgan fingerprint density at radius 2 is 1.59 bits per heavy atom. The first-order valence-electron chi connectivity index (χ1n) is 11.4. The minimum atomic E-state index is 0.563. The summed E-state index contributed by atoms with van der Waals surface area (Å²) < 4.78 is 7.97. The van der Waals surface area contributed by atoms with Crippen LogP contribution in [0.15, 0.2) is 96.4 Å². The molecule has 0 saturated carbocycles. The molecule has 3 aromatic carbocycles. The topological polar surface area (TPSA) is 52.3 Å². The molecule has 34 heavy (non-hydrogen) atoms. The highest BCUT2D eigenvalue weighted by Gasteiger charge is 2.14. The van der Waals surface area contributed by atoms with Gasteiger partial charge in [-0.3, -0.25) is 4.57 Å². The molecule has 0 fully saturated rings. The van der Waals surface area contributed by atoms with Crippen LogP contribution in [0.4, 0.5) is 5.69 Å². The number of rotatable bonds is 6. The molecule has 0 aliphatic carbocycles. The van der Waals surface area contributed by atoms with E-state index in [1.165, 1.54) is 0 Å². The molecule has 2 aromatic heterocycles. The predicted octanol–water partition coefficient (Wildman–Crippen LogP) is 6.61. The lowest BCUT2D eigenvalue weighted by atomic mass is 10.0. The van der Waals surface area contributed by atoms with E-state index in [0.29, 0.717) is 6.61 Å². The molecular formula is C29H26N4O. The first-order valence-corrected chi connectivity index (χ1v) is 11.4. The largest absolute Gasteiger partial charge is 0.493 e. The molecule has 5 nitrogen and oxygen atoms in total. The molecule has 0 saturated heterocycles. The molecule has 0 aliphatic rings. The normalized spacial score (nSPS) is 10.9. The van der Waals surface area contributed by atoms with Gasteiger partial charge in [-0.1, -0.05) is 60.7 Å². The second kappa shape index (κ2) is 9.32. The van der Waals surface area contributed by atoms with Gasteiger partial charge in [0, 0.05) is 28.8 Å². The molecule has 0 atom stereocenters. The number of aliphatic imine (C=N–C) groups is 1. The first kappa shape index (κ1) is 21.6. The van der Waals surface area contributed by atoms with Crippen LogP contribution in [0, 0.1) is 13.8 Å². The van der Waals surface area contributed by atoms with E-state index >= 15 is 0 Å². The van der Waals surface area contributed by atoms with Crippen molar-refractivity contribution in [2.75, 3.05) is 6.61 Å². The van der Waals surface area contributed by atoms with Gasteiger partial charge in [0.15, 0.2) is 0 Å². The second-order valence-corrected chi connectivity index (χ2v) is 8.19. The van der Waals surface area contributed by atoms with Crippen LogP contribution in [0.25, 0.3) is 16.7 Å². The zero-order valence-electron chi connectivity index (χ0n) is 19.6. The highest BCUT2D eigenvalue weighted by atomic mass is 16.5. The molecule has 5 aromatic rings. The molecule has 0 amide bonds. The molecule has 2 heterocycles. The standard InChI is InChI=1S/C29H26N4O/c1-4-34-26-17-27(33-18-21(3)30-19-33)32-28-20(2)15-24(16-25(26)28)31-29(22-11-7-5-8-12-22)23-13-9-6-10-14-23/h5-19H,4H2,1-3H3. The number of nitrogens with zero attached hydrogens (tertiary/aromatic N) is 4. The molecule has 0 unspecified atom stereocenters. The van der Waals surface area contributed by atoms with E-state index in [2.05, 4.69) is 48.3 Å². The fraction of sp³-hybridized carbons (Fsp3) is 0.138. The SMILES string of the molecule is CCOc1cc(-n2cnc(C)c2)nc2c(C)cc(N=C(c3ccccc3)c3ccccc3)cc12. The zero-order valence-corrected chi connectivity index (χ0v) is 19.6. The maximum atomic E-state index is 6.05. The lowest BCUT2D eigenvalue weighted by Gasteiger charge is -2.14. The van der Waals surface area contributed by atoms with Crippen LogP contribution in [0.1, 0.15) is 29.3 Å². The Balaban J connectivity index is 1.69. The van der Waals surface area contributed by atoms with Crippen molar-refractivity contribution in [1.82, 2.24) is 14.5 Å². The maximum Gasteiger partial charge on any atom is 0.142 e. The third kappa shape index (κ3) is 4.33. The molecule has 5 heteroatoms. The highest BCUT2D eigenvalue weighted by Crippen LogP contribution is 2.33. The summed E-state index contributed by atoms with van der Waals surface area (Å²) in [4.78, 5) is 14.4. The summed E-state index contributed by atoms with van der Waals surface area (Å²) in [5.41, 5.74) is 6.80. The number of ether oxygens (including phenoxy) is 1. The fourth-order valence-corrected chi connectivity index (χ4v) is 4.07. The van der Waals surface area contributed by atoms with Gasteiger partial charge in [0.05, 0.1) is 29.2 Å². The van der Waals surface area contributed by atoms with E-state index in [1.807, 2.05) is 67.1 Å². The number of aromatic nitrogens is 3. The summed E-state index contributed by atoms with van der Waals surface area (Å²) in [7, 11) is 0. The van der Waals surface area contributed by atoms with Crippen LogP contribution in [0.2, 0.25) is 0 Å². The summed E-state index contributed by atoms with van der Waals surface area (Å²) in [6.45, 7) is 6.59. The molecular weight excluding hydrogens is 420 g/mol. The van der Waals surface area contributed by atoms with Gasteiger partial charge in [0.1, 0.15) is 17.9 Å². The number of hydrogen-bond acceptors (Lipinski definition) is 4. The number of fused-ring (bicyclic) bond motifs is 1. The van der Waals surface area contributed by atoms with Crippen LogP contribution >= 0.6 is 0 Å². The van der Waals surface area contributed by atoms with Gasteiger partial charge in [-0.2, -0.15) is 0 Å². The van der Waals surface area contributed by atoms with Crippen LogP contribution in [-0.4, -0.2) is 26.9 Å².